The second-order valence-electron chi connectivity index (χ2n) is 7.38. The summed E-state index contributed by atoms with van der Waals surface area (Å²) in [5.74, 6) is -0.620. The first-order valence-electron chi connectivity index (χ1n) is 10.4. The van der Waals surface area contributed by atoms with Crippen molar-refractivity contribution in [2.45, 2.75) is 12.9 Å². The van der Waals surface area contributed by atoms with Crippen molar-refractivity contribution in [3.63, 3.8) is 0 Å². The monoisotopic (exact) mass is 464 g/mol. The molecule has 2 aromatic carbocycles. The van der Waals surface area contributed by atoms with Crippen molar-refractivity contribution in [2.24, 2.45) is 0 Å². The molecule has 11 heteroatoms. The molecule has 1 fully saturated rings. The van der Waals surface area contributed by atoms with Gasteiger partial charge in [0.15, 0.2) is 11.4 Å². The van der Waals surface area contributed by atoms with Gasteiger partial charge in [0.25, 0.3) is 5.91 Å². The van der Waals surface area contributed by atoms with Gasteiger partial charge in [-0.3, -0.25) is 14.4 Å². The van der Waals surface area contributed by atoms with Gasteiger partial charge in [-0.25, -0.2) is 0 Å². The summed E-state index contributed by atoms with van der Waals surface area (Å²) in [6.45, 7) is 4.13. The van der Waals surface area contributed by atoms with E-state index >= 15 is 0 Å². The highest BCUT2D eigenvalue weighted by Crippen LogP contribution is 2.32. The van der Waals surface area contributed by atoms with Crippen molar-refractivity contribution in [3.8, 4) is 11.5 Å². The molecule has 8 nitrogen and oxygen atoms in total. The van der Waals surface area contributed by atoms with E-state index in [1.54, 1.807) is 22.9 Å². The van der Waals surface area contributed by atoms with E-state index in [1.165, 1.54) is 25.3 Å². The molecule has 176 valence electrons. The molecule has 2 heterocycles. The Labute approximate surface area is 187 Å². The van der Waals surface area contributed by atoms with E-state index in [9.17, 15) is 18.0 Å². The van der Waals surface area contributed by atoms with E-state index in [2.05, 4.69) is 20.1 Å². The lowest BCUT2D eigenvalue weighted by molar-refractivity contribution is -0.274. The van der Waals surface area contributed by atoms with Gasteiger partial charge in [-0.05, 0) is 18.2 Å². The van der Waals surface area contributed by atoms with Gasteiger partial charge in [0.05, 0.1) is 32.6 Å². The van der Waals surface area contributed by atoms with Crippen LogP contribution < -0.4 is 14.8 Å². The third kappa shape index (κ3) is 5.37. The lowest BCUT2D eigenvalue weighted by Gasteiger charge is -2.26. The highest BCUT2D eigenvalue weighted by Gasteiger charge is 2.32. The molecule has 0 spiro atoms. The Hall–Kier alpha value is -3.31. The smallest absolute Gasteiger partial charge is 0.494 e. The molecule has 0 unspecified atom stereocenters. The number of ether oxygens (including phenoxy) is 3. The van der Waals surface area contributed by atoms with Crippen LogP contribution in [0.1, 0.15) is 10.5 Å². The molecular formula is C22H23F3N4O4. The fourth-order valence-electron chi connectivity index (χ4n) is 3.72. The number of hydrogen-bond donors (Lipinski definition) is 1. The maximum Gasteiger partial charge on any atom is 0.573 e. The number of hydrogen-bond acceptors (Lipinski definition) is 6. The minimum atomic E-state index is -4.89. The minimum Gasteiger partial charge on any atom is -0.494 e. The number of para-hydroxylation sites is 3. The predicted molar refractivity (Wildman–Crippen MR) is 115 cm³/mol. The summed E-state index contributed by atoms with van der Waals surface area (Å²) < 4.78 is 54.8. The predicted octanol–water partition coefficient (Wildman–Crippen LogP) is 3.53. The quantitative estimate of drug-likeness (QED) is 0.577. The third-order valence-electron chi connectivity index (χ3n) is 5.26. The van der Waals surface area contributed by atoms with Crippen molar-refractivity contribution in [1.82, 2.24) is 14.7 Å². The molecule has 1 saturated heterocycles. The van der Waals surface area contributed by atoms with Crippen LogP contribution in [0.4, 0.5) is 18.9 Å². The fourth-order valence-corrected chi connectivity index (χ4v) is 3.72. The number of rotatable bonds is 7. The largest absolute Gasteiger partial charge is 0.573 e. The Morgan fingerprint density at radius 2 is 1.82 bits per heavy atom. The Balaban J connectivity index is 1.63. The van der Waals surface area contributed by atoms with Crippen molar-refractivity contribution in [3.05, 3.63) is 48.2 Å². The first kappa shape index (κ1) is 22.9. The normalized spacial score (nSPS) is 14.9. The van der Waals surface area contributed by atoms with Crippen LogP contribution in [-0.2, 0) is 11.3 Å². The Kier molecular flexibility index (Phi) is 6.70. The SMILES string of the molecule is COc1cccc2c(C(=O)Nc3ccccc3OC(F)(F)F)nn(CCN3CCOCC3)c12. The van der Waals surface area contributed by atoms with Gasteiger partial charge in [0.1, 0.15) is 11.3 Å². The van der Waals surface area contributed by atoms with Crippen LogP contribution in [0, 0.1) is 0 Å². The van der Waals surface area contributed by atoms with Crippen molar-refractivity contribution >= 4 is 22.5 Å². The summed E-state index contributed by atoms with van der Waals surface area (Å²) in [6, 6.07) is 10.6. The highest BCUT2D eigenvalue weighted by atomic mass is 19.4. The van der Waals surface area contributed by atoms with Gasteiger partial charge >= 0.3 is 6.36 Å². The number of anilines is 1. The van der Waals surface area contributed by atoms with Gasteiger partial charge in [0.2, 0.25) is 0 Å². The summed E-state index contributed by atoms with van der Waals surface area (Å²) in [4.78, 5) is 15.3. The molecule has 0 atom stereocenters. The number of benzene rings is 2. The Morgan fingerprint density at radius 1 is 1.09 bits per heavy atom. The zero-order valence-electron chi connectivity index (χ0n) is 17.9. The number of methoxy groups -OCH3 is 1. The summed E-state index contributed by atoms with van der Waals surface area (Å²) >= 11 is 0. The number of carbonyl (C=O) groups is 1. The molecule has 4 rings (SSSR count). The first-order valence-corrected chi connectivity index (χ1v) is 10.4. The summed E-state index contributed by atoms with van der Waals surface area (Å²) in [6.07, 6.45) is -4.89. The van der Waals surface area contributed by atoms with E-state index in [4.69, 9.17) is 9.47 Å². The van der Waals surface area contributed by atoms with Crippen molar-refractivity contribution in [2.75, 3.05) is 45.3 Å². The average Bonchev–Trinajstić information content (AvgIpc) is 3.18. The number of amides is 1. The Bertz CT molecular complexity index is 1130. The third-order valence-corrected chi connectivity index (χ3v) is 5.26. The molecule has 1 aliphatic rings. The molecule has 33 heavy (non-hydrogen) atoms. The minimum absolute atomic E-state index is 0.0766. The van der Waals surface area contributed by atoms with Gasteiger partial charge in [0, 0.05) is 25.0 Å². The number of halogens is 3. The second-order valence-corrected chi connectivity index (χ2v) is 7.38. The van der Waals surface area contributed by atoms with Crippen LogP contribution in [0.2, 0.25) is 0 Å². The summed E-state index contributed by atoms with van der Waals surface area (Å²) in [7, 11) is 1.53. The van der Waals surface area contributed by atoms with Crippen LogP contribution in [0.5, 0.6) is 11.5 Å². The number of carbonyl (C=O) groups excluding carboxylic acids is 1. The molecule has 0 radical (unpaired) electrons. The second kappa shape index (κ2) is 9.67. The topological polar surface area (TPSA) is 77.8 Å². The van der Waals surface area contributed by atoms with Gasteiger partial charge in [-0.15, -0.1) is 13.2 Å². The van der Waals surface area contributed by atoms with E-state index in [0.29, 0.717) is 43.0 Å². The number of nitrogens with zero attached hydrogens (tertiary/aromatic N) is 3. The first-order chi connectivity index (χ1) is 15.9. The van der Waals surface area contributed by atoms with Gasteiger partial charge < -0.3 is 19.5 Å². The number of nitrogens with one attached hydrogen (secondary N) is 1. The zero-order chi connectivity index (χ0) is 23.4. The van der Waals surface area contributed by atoms with E-state index < -0.39 is 18.0 Å². The number of aromatic nitrogens is 2. The average molecular weight is 464 g/mol. The molecule has 3 aromatic rings. The maximum absolute atomic E-state index is 13.1. The van der Waals surface area contributed by atoms with E-state index in [0.717, 1.165) is 19.2 Å². The lowest BCUT2D eigenvalue weighted by atomic mass is 10.2. The molecule has 1 N–H and O–H groups in total. The van der Waals surface area contributed by atoms with E-state index in [1.807, 2.05) is 0 Å². The molecule has 1 aliphatic heterocycles. The summed E-state index contributed by atoms with van der Waals surface area (Å²) in [5.41, 5.74) is 0.602. The highest BCUT2D eigenvalue weighted by molar-refractivity contribution is 6.12. The Morgan fingerprint density at radius 3 is 2.55 bits per heavy atom. The molecule has 1 amide bonds. The molecule has 0 bridgehead atoms. The molecular weight excluding hydrogens is 441 g/mol. The van der Waals surface area contributed by atoms with Crippen LogP contribution in [0.3, 0.4) is 0 Å². The van der Waals surface area contributed by atoms with Gasteiger partial charge in [-0.1, -0.05) is 24.3 Å². The molecule has 1 aromatic heterocycles. The van der Waals surface area contributed by atoms with E-state index in [-0.39, 0.29) is 11.4 Å². The van der Waals surface area contributed by atoms with Crippen LogP contribution in [0.25, 0.3) is 10.9 Å². The van der Waals surface area contributed by atoms with Crippen LogP contribution in [-0.4, -0.2) is 66.9 Å². The van der Waals surface area contributed by atoms with Crippen LogP contribution in [0.15, 0.2) is 42.5 Å². The summed E-state index contributed by atoms with van der Waals surface area (Å²) in [5, 5.41) is 7.51. The number of morpholine rings is 1. The molecule has 0 aliphatic carbocycles. The van der Waals surface area contributed by atoms with Crippen LogP contribution >= 0.6 is 0 Å². The zero-order valence-corrected chi connectivity index (χ0v) is 17.9. The van der Waals surface area contributed by atoms with Crippen molar-refractivity contribution < 1.29 is 32.2 Å². The maximum atomic E-state index is 13.1. The number of fused-ring (bicyclic) bond motifs is 1. The van der Waals surface area contributed by atoms with Crippen molar-refractivity contribution in [1.29, 1.82) is 0 Å². The number of alkyl halides is 3. The molecule has 0 saturated carbocycles. The van der Waals surface area contributed by atoms with Gasteiger partial charge in [-0.2, -0.15) is 5.10 Å². The lowest BCUT2D eigenvalue weighted by Crippen LogP contribution is -2.38. The standard InChI is InChI=1S/C22H23F3N4O4/c1-31-18-8-4-5-15-19(27-29(20(15)18)10-9-28-11-13-32-14-12-28)21(30)26-16-6-2-3-7-17(16)33-22(23,24)25/h2-8H,9-14H2,1H3,(H,26,30). The fraction of sp³-hybridized carbons (Fsp3) is 0.364.